The molecule has 0 N–H and O–H groups in total. The molecule has 0 atom stereocenters. The molecule has 20 heavy (non-hydrogen) atoms. The second-order valence-corrected chi connectivity index (χ2v) is 4.24. The fraction of sp³-hybridized carbons (Fsp3) is 0.333. The fourth-order valence-electron chi connectivity index (χ4n) is 2.03. The van der Waals surface area contributed by atoms with E-state index in [1.54, 1.807) is 42.8 Å². The summed E-state index contributed by atoms with van der Waals surface area (Å²) in [5.74, 6) is -0.619. The summed E-state index contributed by atoms with van der Waals surface area (Å²) in [7, 11) is 0. The summed E-state index contributed by atoms with van der Waals surface area (Å²) in [6.07, 6.45) is 1.80. The van der Waals surface area contributed by atoms with Gasteiger partial charge in [-0.3, -0.25) is 4.79 Å². The van der Waals surface area contributed by atoms with Gasteiger partial charge in [-0.05, 0) is 38.1 Å². The highest BCUT2D eigenvalue weighted by Gasteiger charge is 2.10. The third-order valence-electron chi connectivity index (χ3n) is 2.89. The standard InChI is InChI=1S/C15H17NO4/c1-3-19-14(17)10-16-8-7-11-9-12(5-6-13(11)16)15(18)20-4-2/h5-9H,3-4,10H2,1-2H3. The van der Waals surface area contributed by atoms with E-state index in [1.807, 2.05) is 6.07 Å². The van der Waals surface area contributed by atoms with Crippen LogP contribution in [-0.4, -0.2) is 29.7 Å². The third-order valence-corrected chi connectivity index (χ3v) is 2.89. The molecule has 1 aromatic carbocycles. The van der Waals surface area contributed by atoms with Crippen LogP contribution in [0.25, 0.3) is 10.9 Å². The van der Waals surface area contributed by atoms with Crippen LogP contribution in [0, 0.1) is 0 Å². The molecule has 2 rings (SSSR count). The van der Waals surface area contributed by atoms with Crippen molar-refractivity contribution in [3.63, 3.8) is 0 Å². The van der Waals surface area contributed by atoms with E-state index in [9.17, 15) is 9.59 Å². The normalized spacial score (nSPS) is 10.5. The van der Waals surface area contributed by atoms with Gasteiger partial charge in [-0.25, -0.2) is 4.79 Å². The second-order valence-electron chi connectivity index (χ2n) is 4.24. The number of hydrogen-bond donors (Lipinski definition) is 0. The fourth-order valence-corrected chi connectivity index (χ4v) is 2.03. The Morgan fingerprint density at radius 1 is 1.10 bits per heavy atom. The molecule has 0 amide bonds. The third kappa shape index (κ3) is 2.99. The van der Waals surface area contributed by atoms with Crippen LogP contribution in [0.4, 0.5) is 0 Å². The zero-order valence-electron chi connectivity index (χ0n) is 11.6. The first-order chi connectivity index (χ1) is 9.65. The molecule has 5 heteroatoms. The number of nitrogens with zero attached hydrogens (tertiary/aromatic N) is 1. The van der Waals surface area contributed by atoms with E-state index < -0.39 is 0 Å². The van der Waals surface area contributed by atoms with Crippen LogP contribution >= 0.6 is 0 Å². The van der Waals surface area contributed by atoms with E-state index in [-0.39, 0.29) is 18.5 Å². The molecule has 106 valence electrons. The maximum atomic E-state index is 11.7. The van der Waals surface area contributed by atoms with E-state index in [0.29, 0.717) is 18.8 Å². The molecular weight excluding hydrogens is 258 g/mol. The van der Waals surface area contributed by atoms with Gasteiger partial charge in [-0.15, -0.1) is 0 Å². The van der Waals surface area contributed by atoms with E-state index in [0.717, 1.165) is 10.9 Å². The van der Waals surface area contributed by atoms with Gasteiger partial charge in [0.2, 0.25) is 0 Å². The van der Waals surface area contributed by atoms with Crippen molar-refractivity contribution in [2.75, 3.05) is 13.2 Å². The molecule has 2 aromatic rings. The summed E-state index contributed by atoms with van der Waals surface area (Å²) >= 11 is 0. The molecule has 0 aliphatic carbocycles. The lowest BCUT2D eigenvalue weighted by atomic mass is 10.1. The Hall–Kier alpha value is -2.30. The van der Waals surface area contributed by atoms with Crippen molar-refractivity contribution in [1.29, 1.82) is 0 Å². The molecule has 1 aromatic heterocycles. The van der Waals surface area contributed by atoms with Gasteiger partial charge in [0.15, 0.2) is 0 Å². The number of ether oxygens (including phenoxy) is 2. The maximum Gasteiger partial charge on any atom is 0.338 e. The van der Waals surface area contributed by atoms with E-state index in [2.05, 4.69) is 0 Å². The Labute approximate surface area is 117 Å². The summed E-state index contributed by atoms with van der Waals surface area (Å²) < 4.78 is 11.7. The van der Waals surface area contributed by atoms with Crippen LogP contribution < -0.4 is 0 Å². The Bertz CT molecular complexity index is 630. The molecule has 0 aliphatic rings. The number of fused-ring (bicyclic) bond motifs is 1. The van der Waals surface area contributed by atoms with Crippen molar-refractivity contribution >= 4 is 22.8 Å². The minimum atomic E-state index is -0.340. The zero-order valence-corrected chi connectivity index (χ0v) is 11.6. The summed E-state index contributed by atoms with van der Waals surface area (Å²) in [5.41, 5.74) is 1.39. The van der Waals surface area contributed by atoms with E-state index in [1.165, 1.54) is 0 Å². The quantitative estimate of drug-likeness (QED) is 0.786. The topological polar surface area (TPSA) is 57.5 Å². The highest BCUT2D eigenvalue weighted by atomic mass is 16.5. The predicted molar refractivity (Wildman–Crippen MR) is 74.5 cm³/mol. The molecule has 0 radical (unpaired) electrons. The smallest absolute Gasteiger partial charge is 0.338 e. The number of aromatic nitrogens is 1. The van der Waals surface area contributed by atoms with Crippen LogP contribution in [0.15, 0.2) is 30.5 Å². The minimum absolute atomic E-state index is 0.163. The first-order valence-corrected chi connectivity index (χ1v) is 6.57. The van der Waals surface area contributed by atoms with Gasteiger partial charge < -0.3 is 14.0 Å². The van der Waals surface area contributed by atoms with Crippen molar-refractivity contribution in [3.05, 3.63) is 36.0 Å². The SMILES string of the molecule is CCOC(=O)Cn1ccc2cc(C(=O)OCC)ccc21. The lowest BCUT2D eigenvalue weighted by molar-refractivity contribution is -0.143. The highest BCUT2D eigenvalue weighted by Crippen LogP contribution is 2.18. The van der Waals surface area contributed by atoms with Gasteiger partial charge in [-0.1, -0.05) is 0 Å². The molecule has 0 spiro atoms. The van der Waals surface area contributed by atoms with Gasteiger partial charge in [0.25, 0.3) is 0 Å². The number of esters is 2. The molecular formula is C15H17NO4. The average molecular weight is 275 g/mol. The molecule has 0 bridgehead atoms. The molecule has 0 aliphatic heterocycles. The molecule has 0 saturated heterocycles. The zero-order chi connectivity index (χ0) is 14.5. The summed E-state index contributed by atoms with van der Waals surface area (Å²) in [6, 6.07) is 7.12. The minimum Gasteiger partial charge on any atom is -0.465 e. The molecule has 0 unspecified atom stereocenters. The molecule has 0 fully saturated rings. The van der Waals surface area contributed by atoms with Gasteiger partial charge in [0.05, 0.1) is 18.8 Å². The lowest BCUT2D eigenvalue weighted by Gasteiger charge is -2.06. The summed E-state index contributed by atoms with van der Waals surface area (Å²) in [5, 5.41) is 0.889. The predicted octanol–water partition coefficient (Wildman–Crippen LogP) is 2.38. The largest absolute Gasteiger partial charge is 0.465 e. The number of carbonyl (C=O) groups is 2. The summed E-state index contributed by atoms with van der Waals surface area (Å²) in [4.78, 5) is 23.2. The van der Waals surface area contributed by atoms with Crippen LogP contribution in [0.5, 0.6) is 0 Å². The van der Waals surface area contributed by atoms with Crippen molar-refractivity contribution < 1.29 is 19.1 Å². The Morgan fingerprint density at radius 3 is 2.55 bits per heavy atom. The maximum absolute atomic E-state index is 11.7. The molecule has 5 nitrogen and oxygen atoms in total. The Morgan fingerprint density at radius 2 is 1.85 bits per heavy atom. The number of carbonyl (C=O) groups excluding carboxylic acids is 2. The lowest BCUT2D eigenvalue weighted by Crippen LogP contribution is -2.12. The van der Waals surface area contributed by atoms with Gasteiger partial charge in [0.1, 0.15) is 6.54 Å². The molecule has 1 heterocycles. The number of benzene rings is 1. The first kappa shape index (κ1) is 14.1. The van der Waals surface area contributed by atoms with Crippen molar-refractivity contribution in [2.45, 2.75) is 20.4 Å². The van der Waals surface area contributed by atoms with Gasteiger partial charge in [0, 0.05) is 17.1 Å². The van der Waals surface area contributed by atoms with E-state index in [4.69, 9.17) is 9.47 Å². The summed E-state index contributed by atoms with van der Waals surface area (Å²) in [6.45, 7) is 4.42. The number of rotatable bonds is 5. The van der Waals surface area contributed by atoms with Crippen molar-refractivity contribution in [3.8, 4) is 0 Å². The monoisotopic (exact) mass is 275 g/mol. The molecule has 0 saturated carbocycles. The Kier molecular flexibility index (Phi) is 4.40. The highest BCUT2D eigenvalue weighted by molar-refractivity contribution is 5.95. The van der Waals surface area contributed by atoms with Gasteiger partial charge >= 0.3 is 11.9 Å². The van der Waals surface area contributed by atoms with E-state index >= 15 is 0 Å². The number of hydrogen-bond acceptors (Lipinski definition) is 4. The van der Waals surface area contributed by atoms with Crippen LogP contribution in [-0.2, 0) is 20.8 Å². The Balaban J connectivity index is 2.24. The van der Waals surface area contributed by atoms with Crippen molar-refractivity contribution in [1.82, 2.24) is 4.57 Å². The average Bonchev–Trinajstić information content (AvgIpc) is 2.82. The second kappa shape index (κ2) is 6.23. The van der Waals surface area contributed by atoms with Crippen LogP contribution in [0.3, 0.4) is 0 Å². The van der Waals surface area contributed by atoms with Crippen LogP contribution in [0.2, 0.25) is 0 Å². The van der Waals surface area contributed by atoms with Crippen molar-refractivity contribution in [2.24, 2.45) is 0 Å². The van der Waals surface area contributed by atoms with Crippen LogP contribution in [0.1, 0.15) is 24.2 Å². The first-order valence-electron chi connectivity index (χ1n) is 6.57. The van der Waals surface area contributed by atoms with Gasteiger partial charge in [-0.2, -0.15) is 0 Å².